The third-order valence-corrected chi connectivity index (χ3v) is 4.91. The Kier molecular flexibility index (Phi) is 4.28. The molecule has 0 bridgehead atoms. The third kappa shape index (κ3) is 3.49. The summed E-state index contributed by atoms with van der Waals surface area (Å²) in [5.74, 6) is 0. The molecule has 3 rings (SSSR count). The maximum Gasteiger partial charge on any atom is 0.144 e. The van der Waals surface area contributed by atoms with Crippen molar-refractivity contribution in [2.45, 2.75) is 25.5 Å². The number of fused-ring (bicyclic) bond motifs is 1. The molecule has 3 aromatic rings. The van der Waals surface area contributed by atoms with Crippen molar-refractivity contribution >= 4 is 28.5 Å². The Bertz CT molecular complexity index is 831. The van der Waals surface area contributed by atoms with Crippen LogP contribution in [-0.2, 0) is 11.4 Å². The first-order chi connectivity index (χ1) is 10.9. The number of hydrogen-bond acceptors (Lipinski definition) is 2. The number of benzene rings is 2. The molecule has 1 aromatic heterocycles. The van der Waals surface area contributed by atoms with E-state index < -0.39 is 11.4 Å². The van der Waals surface area contributed by atoms with E-state index in [2.05, 4.69) is 45.5 Å². The lowest BCUT2D eigenvalue weighted by Crippen LogP contribution is -2.25. The number of rotatable bonds is 3. The normalized spacial score (nSPS) is 13.7. The van der Waals surface area contributed by atoms with E-state index in [-0.39, 0.29) is 4.75 Å². The first-order valence-electron chi connectivity index (χ1n) is 7.58. The predicted molar refractivity (Wildman–Crippen MR) is 98.8 cm³/mol. The van der Waals surface area contributed by atoms with E-state index in [1.54, 1.807) is 6.21 Å². The van der Waals surface area contributed by atoms with Gasteiger partial charge in [-0.05, 0) is 56.7 Å². The molecule has 118 valence electrons. The summed E-state index contributed by atoms with van der Waals surface area (Å²) < 4.78 is 18.0. The van der Waals surface area contributed by atoms with E-state index in [9.17, 15) is 4.55 Å². The lowest BCUT2D eigenvalue weighted by Gasteiger charge is -2.17. The quantitative estimate of drug-likeness (QED) is 0.516. The monoisotopic (exact) mass is 324 g/mol. The zero-order valence-electron chi connectivity index (χ0n) is 13.6. The molecule has 2 aromatic carbocycles. The van der Waals surface area contributed by atoms with Crippen molar-refractivity contribution in [1.82, 2.24) is 4.57 Å². The second kappa shape index (κ2) is 6.22. The predicted octanol–water partition coefficient (Wildman–Crippen LogP) is 4.51. The molecular weight excluding hydrogens is 304 g/mol. The van der Waals surface area contributed by atoms with Crippen LogP contribution >= 0.6 is 0 Å². The largest absolute Gasteiger partial charge is 0.591 e. The molecular formula is C19H20N2OS. The van der Waals surface area contributed by atoms with Gasteiger partial charge in [-0.2, -0.15) is 0 Å². The van der Waals surface area contributed by atoms with Crippen LogP contribution in [0.2, 0.25) is 0 Å². The Morgan fingerprint density at radius 1 is 1.04 bits per heavy atom. The van der Waals surface area contributed by atoms with Gasteiger partial charge in [0, 0.05) is 17.3 Å². The minimum Gasteiger partial charge on any atom is -0.591 e. The van der Waals surface area contributed by atoms with E-state index in [1.165, 1.54) is 0 Å². The highest BCUT2D eigenvalue weighted by molar-refractivity contribution is 7.91. The maximum absolute atomic E-state index is 12.0. The fourth-order valence-corrected chi connectivity index (χ4v) is 2.86. The fraction of sp³-hybridized carbons (Fsp3) is 0.211. The van der Waals surface area contributed by atoms with Crippen LogP contribution in [0.4, 0.5) is 0 Å². The van der Waals surface area contributed by atoms with Gasteiger partial charge in [0.15, 0.2) is 0 Å². The van der Waals surface area contributed by atoms with Gasteiger partial charge in [-0.1, -0.05) is 28.7 Å². The van der Waals surface area contributed by atoms with Crippen LogP contribution in [0.1, 0.15) is 26.3 Å². The highest BCUT2D eigenvalue weighted by Gasteiger charge is 2.25. The summed E-state index contributed by atoms with van der Waals surface area (Å²) >= 11 is -1.23. The van der Waals surface area contributed by atoms with Crippen LogP contribution < -0.4 is 0 Å². The molecule has 0 aliphatic carbocycles. The van der Waals surface area contributed by atoms with Gasteiger partial charge >= 0.3 is 0 Å². The van der Waals surface area contributed by atoms with E-state index in [1.807, 2.05) is 45.0 Å². The highest BCUT2D eigenvalue weighted by atomic mass is 32.2. The molecule has 1 heterocycles. The van der Waals surface area contributed by atoms with Gasteiger partial charge in [0.1, 0.15) is 16.1 Å². The van der Waals surface area contributed by atoms with Crippen molar-refractivity contribution in [2.24, 2.45) is 4.40 Å². The smallest absolute Gasteiger partial charge is 0.144 e. The number of nitrogens with zero attached hydrogens (tertiary/aromatic N) is 2. The van der Waals surface area contributed by atoms with Crippen molar-refractivity contribution in [3.8, 4) is 5.69 Å². The maximum atomic E-state index is 12.0. The van der Waals surface area contributed by atoms with Crippen LogP contribution in [0.5, 0.6) is 0 Å². The Labute approximate surface area is 140 Å². The molecule has 23 heavy (non-hydrogen) atoms. The molecule has 1 atom stereocenters. The molecule has 0 radical (unpaired) electrons. The van der Waals surface area contributed by atoms with E-state index in [0.29, 0.717) is 0 Å². The van der Waals surface area contributed by atoms with Crippen LogP contribution in [0.25, 0.3) is 16.6 Å². The summed E-state index contributed by atoms with van der Waals surface area (Å²) in [6.07, 6.45) is 3.76. The van der Waals surface area contributed by atoms with E-state index >= 15 is 0 Å². The van der Waals surface area contributed by atoms with Gasteiger partial charge in [0.05, 0.1) is 11.7 Å². The molecule has 0 saturated carbocycles. The molecule has 0 aliphatic rings. The standard InChI is InChI=1S/C19H20N2OS/c1-19(2,3)23(22)20-14-15-9-10-18-16(13-15)11-12-21(18)17-7-5-4-6-8-17/h4-14H,1-3H3/b20-14+. The Hall–Kier alpha value is -2.04. The first-order valence-corrected chi connectivity index (χ1v) is 8.68. The number of hydrogen-bond donors (Lipinski definition) is 0. The molecule has 0 saturated heterocycles. The Morgan fingerprint density at radius 2 is 1.78 bits per heavy atom. The number of aromatic nitrogens is 1. The molecule has 0 aliphatic heterocycles. The van der Waals surface area contributed by atoms with Gasteiger partial charge in [-0.25, -0.2) is 0 Å². The molecule has 1 unspecified atom stereocenters. The van der Waals surface area contributed by atoms with Gasteiger partial charge in [-0.3, -0.25) is 0 Å². The topological polar surface area (TPSA) is 40.4 Å². The summed E-state index contributed by atoms with van der Waals surface area (Å²) in [4.78, 5) is 0. The van der Waals surface area contributed by atoms with E-state index in [0.717, 1.165) is 22.2 Å². The van der Waals surface area contributed by atoms with Gasteiger partial charge in [0.25, 0.3) is 0 Å². The minimum atomic E-state index is -1.23. The second-order valence-corrected chi connectivity index (χ2v) is 8.37. The average Bonchev–Trinajstić information content (AvgIpc) is 2.95. The summed E-state index contributed by atoms with van der Waals surface area (Å²) in [7, 11) is 0. The van der Waals surface area contributed by atoms with Crippen molar-refractivity contribution in [3.63, 3.8) is 0 Å². The summed E-state index contributed by atoms with van der Waals surface area (Å²) in [5.41, 5.74) is 3.24. The van der Waals surface area contributed by atoms with Crippen molar-refractivity contribution in [3.05, 3.63) is 66.4 Å². The van der Waals surface area contributed by atoms with Gasteiger partial charge < -0.3 is 9.12 Å². The fourth-order valence-electron chi connectivity index (χ4n) is 2.32. The SMILES string of the molecule is CC(C)(C)[S+]([O-])/N=C/c1ccc2c(ccn2-c2ccccc2)c1. The summed E-state index contributed by atoms with van der Waals surface area (Å²) in [5, 5.41) is 1.14. The Balaban J connectivity index is 1.91. The van der Waals surface area contributed by atoms with Crippen LogP contribution in [-0.4, -0.2) is 20.1 Å². The highest BCUT2D eigenvalue weighted by Crippen LogP contribution is 2.22. The lowest BCUT2D eigenvalue weighted by atomic mass is 10.2. The van der Waals surface area contributed by atoms with Crippen LogP contribution in [0.15, 0.2) is 65.2 Å². The zero-order chi connectivity index (χ0) is 16.4. The van der Waals surface area contributed by atoms with E-state index in [4.69, 9.17) is 0 Å². The lowest BCUT2D eigenvalue weighted by molar-refractivity contribution is 0.562. The molecule has 4 heteroatoms. The van der Waals surface area contributed by atoms with Gasteiger partial charge in [-0.15, -0.1) is 0 Å². The van der Waals surface area contributed by atoms with Crippen molar-refractivity contribution in [1.29, 1.82) is 0 Å². The average molecular weight is 324 g/mol. The summed E-state index contributed by atoms with van der Waals surface area (Å²) in [6.45, 7) is 5.76. The molecule has 3 nitrogen and oxygen atoms in total. The molecule has 0 spiro atoms. The van der Waals surface area contributed by atoms with Crippen LogP contribution in [0.3, 0.4) is 0 Å². The second-order valence-electron chi connectivity index (χ2n) is 6.44. The Morgan fingerprint density at radius 3 is 2.48 bits per heavy atom. The van der Waals surface area contributed by atoms with Crippen LogP contribution in [0, 0.1) is 0 Å². The van der Waals surface area contributed by atoms with Gasteiger partial charge in [0.2, 0.25) is 0 Å². The molecule has 0 fully saturated rings. The molecule has 0 N–H and O–H groups in total. The number of para-hydroxylation sites is 1. The molecule has 0 amide bonds. The van der Waals surface area contributed by atoms with Crippen molar-refractivity contribution < 1.29 is 4.55 Å². The summed E-state index contributed by atoms with van der Waals surface area (Å²) in [6, 6.07) is 18.5. The minimum absolute atomic E-state index is 0.336. The van der Waals surface area contributed by atoms with Crippen molar-refractivity contribution in [2.75, 3.05) is 0 Å². The first kappa shape index (κ1) is 15.8. The zero-order valence-corrected chi connectivity index (χ0v) is 14.4. The third-order valence-electron chi connectivity index (χ3n) is 3.57.